The van der Waals surface area contributed by atoms with E-state index in [1.807, 2.05) is 0 Å². The van der Waals surface area contributed by atoms with Crippen LogP contribution in [0, 0.1) is 0 Å². The second kappa shape index (κ2) is 6.03. The molecule has 0 aromatic rings. The molecule has 0 aromatic heterocycles. The molecule has 2 saturated heterocycles. The van der Waals surface area contributed by atoms with Crippen molar-refractivity contribution in [3.63, 3.8) is 0 Å². The minimum Gasteiger partial charge on any atom is -0.447 e. The molecule has 0 N–H and O–H groups in total. The summed E-state index contributed by atoms with van der Waals surface area (Å²) in [5, 5.41) is 0. The van der Waals surface area contributed by atoms with Crippen molar-refractivity contribution >= 4 is 20.4 Å². The highest BCUT2D eigenvalue weighted by Crippen LogP contribution is 2.25. The topological polar surface area (TPSA) is 94.6 Å². The molecular formula is C8H13N2O7P. The molecule has 2 aliphatic heterocycles. The maximum atomic E-state index is 11.4. The zero-order valence-electron chi connectivity index (χ0n) is 9.49. The van der Waals surface area contributed by atoms with Gasteiger partial charge < -0.3 is 9.47 Å². The van der Waals surface area contributed by atoms with E-state index in [2.05, 4.69) is 9.47 Å². The summed E-state index contributed by atoms with van der Waals surface area (Å²) in [5.41, 5.74) is 0. The van der Waals surface area contributed by atoms with E-state index in [1.165, 1.54) is 9.80 Å². The van der Waals surface area contributed by atoms with Crippen LogP contribution in [0.3, 0.4) is 0 Å². The zero-order chi connectivity index (χ0) is 13.0. The van der Waals surface area contributed by atoms with E-state index in [0.717, 1.165) is 0 Å². The van der Waals surface area contributed by atoms with Gasteiger partial charge in [0.2, 0.25) is 0 Å². The molecule has 0 aliphatic carbocycles. The summed E-state index contributed by atoms with van der Waals surface area (Å²) >= 11 is 0. The molecule has 10 heteroatoms. The molecular weight excluding hydrogens is 267 g/mol. The Kier molecular flexibility index (Phi) is 4.40. The highest BCUT2D eigenvalue weighted by Gasteiger charge is 2.24. The van der Waals surface area contributed by atoms with E-state index in [4.69, 9.17) is 9.05 Å². The molecule has 0 saturated carbocycles. The molecule has 0 bridgehead atoms. The van der Waals surface area contributed by atoms with Gasteiger partial charge in [0, 0.05) is 0 Å². The van der Waals surface area contributed by atoms with E-state index >= 15 is 0 Å². The van der Waals surface area contributed by atoms with Gasteiger partial charge in [0.1, 0.15) is 26.7 Å². The van der Waals surface area contributed by atoms with Crippen molar-refractivity contribution in [3.8, 4) is 0 Å². The Labute approximate surface area is 103 Å². The third-order valence-corrected chi connectivity index (χ3v) is 3.10. The monoisotopic (exact) mass is 280 g/mol. The standard InChI is InChI=1S/C8H13N2O7P/c11-7-9(1-3-14-7)5-16-18(13)17-6-10-2-4-15-8(10)12/h18H,1-6H2. The Balaban J connectivity index is 1.63. The van der Waals surface area contributed by atoms with Gasteiger partial charge in [0.15, 0.2) is 0 Å². The average Bonchev–Trinajstić information content (AvgIpc) is 2.93. The van der Waals surface area contributed by atoms with Crippen molar-refractivity contribution in [2.24, 2.45) is 0 Å². The lowest BCUT2D eigenvalue weighted by atomic mass is 10.7. The summed E-state index contributed by atoms with van der Waals surface area (Å²) < 4.78 is 30.4. The van der Waals surface area contributed by atoms with Gasteiger partial charge in [-0.1, -0.05) is 0 Å². The third-order valence-electron chi connectivity index (χ3n) is 2.37. The Morgan fingerprint density at radius 2 is 1.44 bits per heavy atom. The molecule has 0 unspecified atom stereocenters. The first-order valence-corrected chi connectivity index (χ1v) is 6.52. The maximum Gasteiger partial charge on any atom is 0.411 e. The van der Waals surface area contributed by atoms with Crippen LogP contribution in [0.5, 0.6) is 0 Å². The number of ether oxygens (including phenoxy) is 2. The second-order valence-electron chi connectivity index (χ2n) is 3.55. The van der Waals surface area contributed by atoms with Crippen LogP contribution in [0.1, 0.15) is 0 Å². The van der Waals surface area contributed by atoms with Crippen molar-refractivity contribution in [3.05, 3.63) is 0 Å². The highest BCUT2D eigenvalue weighted by atomic mass is 31.1. The first-order chi connectivity index (χ1) is 8.66. The number of rotatable bonds is 6. The Bertz CT molecular complexity index is 331. The van der Waals surface area contributed by atoms with Crippen molar-refractivity contribution in [2.75, 3.05) is 39.8 Å². The summed E-state index contributed by atoms with van der Waals surface area (Å²) in [6.45, 7) is 1.08. The molecule has 0 atom stereocenters. The van der Waals surface area contributed by atoms with E-state index in [0.29, 0.717) is 26.3 Å². The Morgan fingerprint density at radius 1 is 1.00 bits per heavy atom. The van der Waals surface area contributed by atoms with E-state index < -0.39 is 20.4 Å². The molecule has 18 heavy (non-hydrogen) atoms. The largest absolute Gasteiger partial charge is 0.447 e. The fraction of sp³-hybridized carbons (Fsp3) is 0.750. The summed E-state index contributed by atoms with van der Waals surface area (Å²) in [6, 6.07) is 0. The predicted octanol–water partition coefficient (Wildman–Crippen LogP) is 0.229. The van der Waals surface area contributed by atoms with Crippen LogP contribution < -0.4 is 0 Å². The second-order valence-corrected chi connectivity index (χ2v) is 4.63. The number of nitrogens with zero attached hydrogens (tertiary/aromatic N) is 2. The lowest BCUT2D eigenvalue weighted by Gasteiger charge is -2.15. The van der Waals surface area contributed by atoms with Crippen molar-refractivity contribution < 1.29 is 32.7 Å². The quantitative estimate of drug-likeness (QED) is 0.642. The van der Waals surface area contributed by atoms with Crippen LogP contribution in [-0.4, -0.2) is 61.8 Å². The van der Waals surface area contributed by atoms with Gasteiger partial charge in [-0.2, -0.15) is 0 Å². The van der Waals surface area contributed by atoms with Gasteiger partial charge in [0.05, 0.1) is 13.1 Å². The molecule has 2 amide bonds. The Hall–Kier alpha value is -1.31. The van der Waals surface area contributed by atoms with Gasteiger partial charge in [-0.05, 0) is 0 Å². The molecule has 102 valence electrons. The minimum absolute atomic E-state index is 0.152. The lowest BCUT2D eigenvalue weighted by Crippen LogP contribution is -2.27. The molecule has 2 heterocycles. The summed E-state index contributed by atoms with van der Waals surface area (Å²) in [5.74, 6) is 0. The lowest BCUT2D eigenvalue weighted by molar-refractivity contribution is 0.101. The average molecular weight is 280 g/mol. The van der Waals surface area contributed by atoms with Crippen molar-refractivity contribution in [2.45, 2.75) is 0 Å². The number of carbonyl (C=O) groups is 2. The van der Waals surface area contributed by atoms with E-state index in [1.54, 1.807) is 0 Å². The van der Waals surface area contributed by atoms with Gasteiger partial charge in [-0.3, -0.25) is 23.4 Å². The number of amides is 2. The SMILES string of the molecule is O=C1OCCN1CO[PH](=O)OCN1CCOC1=O. The molecule has 0 spiro atoms. The molecule has 2 fully saturated rings. The summed E-state index contributed by atoms with van der Waals surface area (Å²) in [6.07, 6.45) is -1.01. The normalized spacial score (nSPS) is 19.6. The van der Waals surface area contributed by atoms with Crippen LogP contribution in [0.2, 0.25) is 0 Å². The number of cyclic esters (lactones) is 2. The van der Waals surface area contributed by atoms with Crippen molar-refractivity contribution in [1.82, 2.24) is 9.80 Å². The van der Waals surface area contributed by atoms with Gasteiger partial charge in [0.25, 0.3) is 0 Å². The molecule has 2 aliphatic rings. The molecule has 0 aromatic carbocycles. The van der Waals surface area contributed by atoms with Crippen LogP contribution in [0.25, 0.3) is 0 Å². The summed E-state index contributed by atoms with van der Waals surface area (Å²) in [7, 11) is -2.76. The van der Waals surface area contributed by atoms with Crippen LogP contribution in [0.4, 0.5) is 9.59 Å². The molecule has 9 nitrogen and oxygen atoms in total. The van der Waals surface area contributed by atoms with E-state index in [-0.39, 0.29) is 13.5 Å². The van der Waals surface area contributed by atoms with E-state index in [9.17, 15) is 14.2 Å². The fourth-order valence-electron chi connectivity index (χ4n) is 1.39. The number of hydrogen-bond donors (Lipinski definition) is 0. The maximum absolute atomic E-state index is 11.4. The first kappa shape index (κ1) is 13.1. The Morgan fingerprint density at radius 3 is 1.78 bits per heavy atom. The third kappa shape index (κ3) is 3.34. The fourth-order valence-corrected chi connectivity index (χ4v) is 1.99. The first-order valence-electron chi connectivity index (χ1n) is 5.30. The van der Waals surface area contributed by atoms with Crippen LogP contribution >= 0.6 is 8.25 Å². The summed E-state index contributed by atoms with van der Waals surface area (Å²) in [4.78, 5) is 24.6. The van der Waals surface area contributed by atoms with Gasteiger partial charge in [-0.15, -0.1) is 0 Å². The number of carbonyl (C=O) groups excluding carboxylic acids is 2. The van der Waals surface area contributed by atoms with Crippen molar-refractivity contribution in [1.29, 1.82) is 0 Å². The van der Waals surface area contributed by atoms with Gasteiger partial charge >= 0.3 is 20.4 Å². The molecule has 2 rings (SSSR count). The zero-order valence-corrected chi connectivity index (χ0v) is 10.5. The minimum atomic E-state index is -2.76. The number of hydrogen-bond acceptors (Lipinski definition) is 7. The predicted molar refractivity (Wildman–Crippen MR) is 57.0 cm³/mol. The highest BCUT2D eigenvalue weighted by molar-refractivity contribution is 7.33. The van der Waals surface area contributed by atoms with Crippen LogP contribution in [-0.2, 0) is 23.1 Å². The molecule has 0 radical (unpaired) electrons. The van der Waals surface area contributed by atoms with Gasteiger partial charge in [-0.25, -0.2) is 9.59 Å². The smallest absolute Gasteiger partial charge is 0.411 e. The van der Waals surface area contributed by atoms with Crippen LogP contribution in [0.15, 0.2) is 0 Å².